The standard InChI is InChI=1S/C12H13N3O2/c1-6-4-9-7(2-3-17-9)10(11(6)16)8-5-14-15-12(8)13/h4-5,16H,2-3H2,1H3,(H3,13,14,15). The Morgan fingerprint density at radius 1 is 1.53 bits per heavy atom. The number of nitrogens with one attached hydrogen (secondary N) is 1. The van der Waals surface area contributed by atoms with E-state index in [1.807, 2.05) is 13.0 Å². The second-order valence-electron chi connectivity index (χ2n) is 4.19. The van der Waals surface area contributed by atoms with Gasteiger partial charge in [0.2, 0.25) is 0 Å². The minimum Gasteiger partial charge on any atom is -0.507 e. The molecule has 88 valence electrons. The summed E-state index contributed by atoms with van der Waals surface area (Å²) in [5.74, 6) is 1.54. The molecule has 5 nitrogen and oxygen atoms in total. The Bertz CT molecular complexity index is 590. The molecule has 0 spiro atoms. The van der Waals surface area contributed by atoms with Crippen molar-refractivity contribution in [1.29, 1.82) is 0 Å². The lowest BCUT2D eigenvalue weighted by Crippen LogP contribution is -1.93. The number of hydrogen-bond donors (Lipinski definition) is 3. The van der Waals surface area contributed by atoms with Gasteiger partial charge >= 0.3 is 0 Å². The number of aromatic amines is 1. The van der Waals surface area contributed by atoms with Gasteiger partial charge in [-0.15, -0.1) is 0 Å². The fraction of sp³-hybridized carbons (Fsp3) is 0.250. The van der Waals surface area contributed by atoms with E-state index in [9.17, 15) is 5.11 Å². The monoisotopic (exact) mass is 231 g/mol. The Labute approximate surface area is 98.2 Å². The maximum atomic E-state index is 10.2. The number of hydrogen-bond acceptors (Lipinski definition) is 4. The first kappa shape index (κ1) is 10.0. The van der Waals surface area contributed by atoms with Crippen molar-refractivity contribution in [2.75, 3.05) is 12.3 Å². The van der Waals surface area contributed by atoms with Gasteiger partial charge in [0.05, 0.1) is 12.8 Å². The van der Waals surface area contributed by atoms with Crippen LogP contribution in [0.4, 0.5) is 5.82 Å². The second kappa shape index (κ2) is 3.41. The molecule has 2 heterocycles. The Balaban J connectivity index is 2.33. The van der Waals surface area contributed by atoms with E-state index in [2.05, 4.69) is 10.2 Å². The average molecular weight is 231 g/mol. The third kappa shape index (κ3) is 1.35. The highest BCUT2D eigenvalue weighted by molar-refractivity contribution is 5.83. The molecule has 3 rings (SSSR count). The first-order valence-corrected chi connectivity index (χ1v) is 5.46. The Morgan fingerprint density at radius 3 is 3.06 bits per heavy atom. The molecular formula is C12H13N3O2. The fourth-order valence-corrected chi connectivity index (χ4v) is 2.24. The number of aromatic nitrogens is 2. The van der Waals surface area contributed by atoms with Crippen LogP contribution in [-0.2, 0) is 6.42 Å². The van der Waals surface area contributed by atoms with E-state index < -0.39 is 0 Å². The molecule has 0 atom stereocenters. The maximum Gasteiger partial charge on any atom is 0.127 e. The third-order valence-electron chi connectivity index (χ3n) is 3.10. The van der Waals surface area contributed by atoms with Crippen molar-refractivity contribution in [3.63, 3.8) is 0 Å². The van der Waals surface area contributed by atoms with Crippen molar-refractivity contribution in [2.24, 2.45) is 0 Å². The van der Waals surface area contributed by atoms with Gasteiger partial charge in [-0.3, -0.25) is 5.10 Å². The summed E-state index contributed by atoms with van der Waals surface area (Å²) in [6.45, 7) is 2.49. The lowest BCUT2D eigenvalue weighted by Gasteiger charge is -2.11. The van der Waals surface area contributed by atoms with Gasteiger partial charge in [0, 0.05) is 23.1 Å². The van der Waals surface area contributed by atoms with Crippen LogP contribution in [0.3, 0.4) is 0 Å². The Hall–Kier alpha value is -2.17. The Kier molecular flexibility index (Phi) is 2.01. The first-order chi connectivity index (χ1) is 8.18. The number of aryl methyl sites for hydroxylation is 1. The number of rotatable bonds is 1. The predicted octanol–water partition coefficient (Wildman–Crippen LogP) is 1.61. The molecule has 0 bridgehead atoms. The first-order valence-electron chi connectivity index (χ1n) is 5.46. The number of phenols is 1. The van der Waals surface area contributed by atoms with Crippen LogP contribution in [0.25, 0.3) is 11.1 Å². The van der Waals surface area contributed by atoms with Crippen LogP contribution in [0.5, 0.6) is 11.5 Å². The predicted molar refractivity (Wildman–Crippen MR) is 64.0 cm³/mol. The number of nitrogens with two attached hydrogens (primary N) is 1. The highest BCUT2D eigenvalue weighted by atomic mass is 16.5. The molecule has 0 unspecified atom stereocenters. The number of phenolic OH excluding ortho intramolecular Hbond substituents is 1. The number of nitrogen functional groups attached to an aromatic ring is 1. The van der Waals surface area contributed by atoms with Crippen LogP contribution >= 0.6 is 0 Å². The lowest BCUT2D eigenvalue weighted by molar-refractivity contribution is 0.356. The summed E-state index contributed by atoms with van der Waals surface area (Å²) in [6, 6.07) is 1.86. The number of H-pyrrole nitrogens is 1. The minimum absolute atomic E-state index is 0.252. The quantitative estimate of drug-likeness (QED) is 0.696. The maximum absolute atomic E-state index is 10.2. The van der Waals surface area contributed by atoms with Crippen molar-refractivity contribution in [3.8, 4) is 22.6 Å². The van der Waals surface area contributed by atoms with Crippen molar-refractivity contribution >= 4 is 5.82 Å². The number of benzene rings is 1. The van der Waals surface area contributed by atoms with E-state index in [1.54, 1.807) is 6.20 Å². The van der Waals surface area contributed by atoms with Gasteiger partial charge in [-0.05, 0) is 18.6 Å². The van der Waals surface area contributed by atoms with Gasteiger partial charge in [-0.1, -0.05) is 0 Å². The van der Waals surface area contributed by atoms with E-state index in [0.717, 1.165) is 34.4 Å². The van der Waals surface area contributed by atoms with E-state index in [4.69, 9.17) is 10.5 Å². The second-order valence-corrected chi connectivity index (χ2v) is 4.19. The smallest absolute Gasteiger partial charge is 0.127 e. The van der Waals surface area contributed by atoms with Crippen molar-refractivity contribution < 1.29 is 9.84 Å². The largest absolute Gasteiger partial charge is 0.507 e. The zero-order chi connectivity index (χ0) is 12.0. The summed E-state index contributed by atoms with van der Waals surface area (Å²) in [5, 5.41) is 16.8. The number of ether oxygens (including phenoxy) is 1. The van der Waals surface area contributed by atoms with Gasteiger partial charge in [0.1, 0.15) is 17.3 Å². The molecule has 1 aromatic carbocycles. The van der Waals surface area contributed by atoms with Crippen LogP contribution in [0.15, 0.2) is 12.3 Å². The van der Waals surface area contributed by atoms with Crippen LogP contribution in [0.1, 0.15) is 11.1 Å². The summed E-state index contributed by atoms with van der Waals surface area (Å²) < 4.78 is 5.53. The molecule has 0 aliphatic carbocycles. The highest BCUT2D eigenvalue weighted by Crippen LogP contribution is 2.44. The molecule has 17 heavy (non-hydrogen) atoms. The molecular weight excluding hydrogens is 218 g/mol. The normalized spacial score (nSPS) is 13.5. The van der Waals surface area contributed by atoms with Gasteiger partial charge in [0.15, 0.2) is 0 Å². The number of anilines is 1. The van der Waals surface area contributed by atoms with Crippen LogP contribution in [0.2, 0.25) is 0 Å². The van der Waals surface area contributed by atoms with Gasteiger partial charge < -0.3 is 15.6 Å². The molecule has 0 fully saturated rings. The molecule has 0 saturated heterocycles. The van der Waals surface area contributed by atoms with Crippen LogP contribution in [0, 0.1) is 6.92 Å². The van der Waals surface area contributed by atoms with Crippen molar-refractivity contribution in [3.05, 3.63) is 23.4 Å². The highest BCUT2D eigenvalue weighted by Gasteiger charge is 2.24. The molecule has 5 heteroatoms. The molecule has 1 aromatic heterocycles. The van der Waals surface area contributed by atoms with E-state index in [0.29, 0.717) is 12.4 Å². The SMILES string of the molecule is Cc1cc2c(c(-c3cn[nH]c3N)c1O)CCO2. The average Bonchev–Trinajstić information content (AvgIpc) is 2.89. The van der Waals surface area contributed by atoms with E-state index in [-0.39, 0.29) is 5.75 Å². The van der Waals surface area contributed by atoms with E-state index in [1.165, 1.54) is 0 Å². The number of fused-ring (bicyclic) bond motifs is 1. The molecule has 0 saturated carbocycles. The molecule has 4 N–H and O–H groups in total. The van der Waals surface area contributed by atoms with Crippen LogP contribution in [-0.4, -0.2) is 21.9 Å². The summed E-state index contributed by atoms with van der Waals surface area (Å²) >= 11 is 0. The molecule has 1 aliphatic heterocycles. The Morgan fingerprint density at radius 2 is 2.35 bits per heavy atom. The van der Waals surface area contributed by atoms with Gasteiger partial charge in [-0.25, -0.2) is 0 Å². The van der Waals surface area contributed by atoms with Crippen LogP contribution < -0.4 is 10.5 Å². The summed E-state index contributed by atoms with van der Waals surface area (Å²) in [6.07, 6.45) is 2.41. The zero-order valence-electron chi connectivity index (χ0n) is 9.45. The summed E-state index contributed by atoms with van der Waals surface area (Å²) in [7, 11) is 0. The molecule has 0 amide bonds. The topological polar surface area (TPSA) is 84.2 Å². The minimum atomic E-state index is 0.252. The number of nitrogens with zero attached hydrogens (tertiary/aromatic N) is 1. The molecule has 0 radical (unpaired) electrons. The summed E-state index contributed by atoms with van der Waals surface area (Å²) in [5.41, 5.74) is 9.06. The fourth-order valence-electron chi connectivity index (χ4n) is 2.24. The summed E-state index contributed by atoms with van der Waals surface area (Å²) in [4.78, 5) is 0. The van der Waals surface area contributed by atoms with Crippen molar-refractivity contribution in [2.45, 2.75) is 13.3 Å². The van der Waals surface area contributed by atoms with Crippen molar-refractivity contribution in [1.82, 2.24) is 10.2 Å². The zero-order valence-corrected chi connectivity index (χ0v) is 9.45. The molecule has 1 aliphatic rings. The number of aromatic hydroxyl groups is 1. The van der Waals surface area contributed by atoms with E-state index >= 15 is 0 Å². The lowest BCUT2D eigenvalue weighted by atomic mass is 9.96. The van der Waals surface area contributed by atoms with Gasteiger partial charge in [-0.2, -0.15) is 5.10 Å². The molecule has 2 aromatic rings. The third-order valence-corrected chi connectivity index (χ3v) is 3.10. The van der Waals surface area contributed by atoms with Gasteiger partial charge in [0.25, 0.3) is 0 Å².